The van der Waals surface area contributed by atoms with Gasteiger partial charge in [-0.2, -0.15) is 0 Å². The summed E-state index contributed by atoms with van der Waals surface area (Å²) in [7, 11) is -0.312. The molecule has 4 aliphatic rings. The van der Waals surface area contributed by atoms with Crippen molar-refractivity contribution in [2.24, 2.45) is 5.41 Å². The fraction of sp³-hybridized carbons (Fsp3) is 0.800. The second kappa shape index (κ2) is 3.50. The number of hydrogen-bond donors (Lipinski definition) is 0. The zero-order chi connectivity index (χ0) is 14.4. The van der Waals surface area contributed by atoms with E-state index in [1.165, 1.54) is 24.3 Å². The Labute approximate surface area is 125 Å². The van der Waals surface area contributed by atoms with Gasteiger partial charge in [0, 0.05) is 10.8 Å². The maximum absolute atomic E-state index is 6.08. The van der Waals surface area contributed by atoms with Crippen molar-refractivity contribution in [2.75, 3.05) is 0 Å². The van der Waals surface area contributed by atoms with Gasteiger partial charge < -0.3 is 9.31 Å². The van der Waals surface area contributed by atoms with Gasteiger partial charge in [-0.25, -0.2) is 4.98 Å². The molecule has 0 amide bonds. The van der Waals surface area contributed by atoms with E-state index < -0.39 is 0 Å². The van der Waals surface area contributed by atoms with Gasteiger partial charge in [-0.1, -0.05) is 6.92 Å². The Balaban J connectivity index is 1.55. The first-order valence-electron chi connectivity index (χ1n) is 7.47. The van der Waals surface area contributed by atoms with Crippen molar-refractivity contribution in [1.82, 2.24) is 4.98 Å². The number of nitrogens with zero attached hydrogens (tertiary/aromatic N) is 1. The number of aromatic nitrogens is 1. The summed E-state index contributed by atoms with van der Waals surface area (Å²) in [5.74, 6) is 0. The Kier molecular flexibility index (Phi) is 2.33. The Morgan fingerprint density at radius 2 is 1.60 bits per heavy atom. The van der Waals surface area contributed by atoms with E-state index in [-0.39, 0.29) is 18.3 Å². The van der Waals surface area contributed by atoms with E-state index in [1.54, 1.807) is 11.3 Å². The maximum atomic E-state index is 6.08. The number of rotatable bonds is 2. The molecule has 4 fully saturated rings. The van der Waals surface area contributed by atoms with E-state index >= 15 is 0 Å². The van der Waals surface area contributed by atoms with E-state index in [0.29, 0.717) is 10.8 Å². The van der Waals surface area contributed by atoms with Gasteiger partial charge in [0.2, 0.25) is 0 Å². The van der Waals surface area contributed by atoms with Gasteiger partial charge in [0.15, 0.2) is 0 Å². The number of thiazole rings is 1. The minimum Gasteiger partial charge on any atom is -0.398 e. The van der Waals surface area contributed by atoms with Crippen LogP contribution in [-0.2, 0) is 14.7 Å². The van der Waals surface area contributed by atoms with Gasteiger partial charge in [-0.3, -0.25) is 0 Å². The Hall–Kier alpha value is -0.385. The molecule has 3 saturated carbocycles. The third-order valence-corrected chi connectivity index (χ3v) is 6.87. The Morgan fingerprint density at radius 1 is 1.05 bits per heavy atom. The molecule has 1 saturated heterocycles. The summed E-state index contributed by atoms with van der Waals surface area (Å²) in [5.41, 5.74) is 1.41. The molecule has 5 heteroatoms. The van der Waals surface area contributed by atoms with Crippen LogP contribution in [0.4, 0.5) is 0 Å². The summed E-state index contributed by atoms with van der Waals surface area (Å²) in [6.45, 7) is 10.7. The molecule has 0 aromatic carbocycles. The lowest BCUT2D eigenvalue weighted by molar-refractivity contribution is -0.125. The number of hydrogen-bond acceptors (Lipinski definition) is 4. The van der Waals surface area contributed by atoms with Crippen molar-refractivity contribution in [1.29, 1.82) is 0 Å². The highest BCUT2D eigenvalue weighted by Gasteiger charge is 2.67. The molecule has 0 N–H and O–H groups in total. The van der Waals surface area contributed by atoms with Crippen molar-refractivity contribution >= 4 is 24.0 Å². The van der Waals surface area contributed by atoms with Crippen LogP contribution in [0.2, 0.25) is 0 Å². The van der Waals surface area contributed by atoms with E-state index in [0.717, 1.165) is 5.59 Å². The van der Waals surface area contributed by atoms with Gasteiger partial charge >= 0.3 is 7.12 Å². The van der Waals surface area contributed by atoms with Crippen LogP contribution in [0.5, 0.6) is 0 Å². The Morgan fingerprint density at radius 3 is 2.10 bits per heavy atom. The van der Waals surface area contributed by atoms with Crippen LogP contribution in [0.15, 0.2) is 5.38 Å². The van der Waals surface area contributed by atoms with E-state index in [2.05, 4.69) is 40.0 Å². The average Bonchev–Trinajstić information content (AvgIpc) is 2.77. The van der Waals surface area contributed by atoms with Crippen molar-refractivity contribution in [3.8, 4) is 0 Å². The molecule has 5 rings (SSSR count). The fourth-order valence-corrected chi connectivity index (χ4v) is 5.14. The molecule has 20 heavy (non-hydrogen) atoms. The zero-order valence-corrected chi connectivity index (χ0v) is 13.8. The third-order valence-electron chi connectivity index (χ3n) is 5.77. The molecular weight excluding hydrogens is 269 g/mol. The summed E-state index contributed by atoms with van der Waals surface area (Å²) in [6.07, 6.45) is 3.95. The molecule has 0 radical (unpaired) electrons. The largest absolute Gasteiger partial charge is 0.515 e. The lowest BCUT2D eigenvalue weighted by Crippen LogP contribution is -2.63. The first-order valence-corrected chi connectivity index (χ1v) is 8.35. The van der Waals surface area contributed by atoms with Crippen molar-refractivity contribution in [3.63, 3.8) is 0 Å². The second-order valence-electron chi connectivity index (χ2n) is 8.29. The molecule has 1 aromatic heterocycles. The summed E-state index contributed by atoms with van der Waals surface area (Å²) in [5, 5.41) is 3.42. The lowest BCUT2D eigenvalue weighted by Gasteiger charge is -2.68. The first-order chi connectivity index (χ1) is 9.15. The minimum absolute atomic E-state index is 0.286. The van der Waals surface area contributed by atoms with Crippen molar-refractivity contribution < 1.29 is 9.31 Å². The Bertz CT molecular complexity index is 544. The molecule has 3 nitrogen and oxygen atoms in total. The van der Waals surface area contributed by atoms with Gasteiger partial charge in [0.05, 0.1) is 21.8 Å². The zero-order valence-electron chi connectivity index (χ0n) is 12.9. The van der Waals surface area contributed by atoms with Gasteiger partial charge in [-0.05, 0) is 52.4 Å². The highest BCUT2D eigenvalue weighted by Crippen LogP contribution is 2.73. The van der Waals surface area contributed by atoms with Crippen LogP contribution in [-0.4, -0.2) is 23.3 Å². The van der Waals surface area contributed by atoms with Gasteiger partial charge in [-0.15, -0.1) is 11.3 Å². The predicted molar refractivity (Wildman–Crippen MR) is 81.5 cm³/mol. The molecule has 2 bridgehead atoms. The van der Waals surface area contributed by atoms with E-state index in [4.69, 9.17) is 14.3 Å². The smallest absolute Gasteiger partial charge is 0.398 e. The average molecular weight is 291 g/mol. The van der Waals surface area contributed by atoms with E-state index in [9.17, 15) is 0 Å². The molecule has 2 heterocycles. The highest BCUT2D eigenvalue weighted by molar-refractivity contribution is 7.10. The summed E-state index contributed by atoms with van der Waals surface area (Å²) in [4.78, 5) is 4.85. The van der Waals surface area contributed by atoms with Crippen molar-refractivity contribution in [3.05, 3.63) is 10.4 Å². The molecule has 1 aliphatic heterocycles. The monoisotopic (exact) mass is 291 g/mol. The standard InChI is InChI=1S/C15H22BNO2S/c1-12(2)13(3,4)19-16(18-12)10-6-20-11(17-10)15-7-14(5,8-15)9-15/h6H,7-9H2,1-5H3. The van der Waals surface area contributed by atoms with Crippen molar-refractivity contribution in [2.45, 2.75) is 70.5 Å². The maximum Gasteiger partial charge on any atom is 0.515 e. The molecule has 0 unspecified atom stereocenters. The molecule has 1 aromatic rings. The second-order valence-corrected chi connectivity index (χ2v) is 9.15. The summed E-state index contributed by atoms with van der Waals surface area (Å²) in [6, 6.07) is 0. The molecule has 0 spiro atoms. The molecular formula is C15H22BNO2S. The van der Waals surface area contributed by atoms with Gasteiger partial charge in [0.1, 0.15) is 0 Å². The van der Waals surface area contributed by atoms with Gasteiger partial charge in [0.25, 0.3) is 0 Å². The highest BCUT2D eigenvalue weighted by atomic mass is 32.1. The normalized spacial score (nSPS) is 40.4. The van der Waals surface area contributed by atoms with Crippen LogP contribution in [0.3, 0.4) is 0 Å². The molecule has 108 valence electrons. The van der Waals surface area contributed by atoms with Crippen LogP contribution in [0, 0.1) is 5.41 Å². The third kappa shape index (κ3) is 1.57. The van der Waals surface area contributed by atoms with E-state index in [1.807, 2.05) is 0 Å². The lowest BCUT2D eigenvalue weighted by atomic mass is 9.36. The molecule has 0 atom stereocenters. The van der Waals surface area contributed by atoms with Crippen LogP contribution in [0.1, 0.15) is 58.9 Å². The summed E-state index contributed by atoms with van der Waals surface area (Å²) >= 11 is 1.78. The first kappa shape index (κ1) is 13.3. The van der Waals surface area contributed by atoms with Crippen LogP contribution >= 0.6 is 11.3 Å². The quantitative estimate of drug-likeness (QED) is 0.785. The topological polar surface area (TPSA) is 31.4 Å². The summed E-state index contributed by atoms with van der Waals surface area (Å²) < 4.78 is 12.2. The molecule has 3 aliphatic carbocycles. The SMILES string of the molecule is CC12CC(c3nc(B4OC(C)(C)C(C)(C)O4)cs3)(C1)C2. The minimum atomic E-state index is -0.312. The van der Waals surface area contributed by atoms with Crippen LogP contribution in [0.25, 0.3) is 0 Å². The predicted octanol–water partition coefficient (Wildman–Crippen LogP) is 2.88. The van der Waals surface area contributed by atoms with Crippen LogP contribution < -0.4 is 5.59 Å². The fourth-order valence-electron chi connectivity index (χ4n) is 4.12.